The molecular formula is C14H19N. The van der Waals surface area contributed by atoms with Crippen LogP contribution in [0.2, 0.25) is 0 Å². The zero-order valence-corrected chi connectivity index (χ0v) is 10.5. The molecule has 0 aliphatic heterocycles. The molecule has 2 rings (SSSR count). The van der Waals surface area contributed by atoms with Gasteiger partial charge in [0.1, 0.15) is 0 Å². The van der Waals surface area contributed by atoms with Crippen molar-refractivity contribution in [3.05, 3.63) is 33.7 Å². The van der Waals surface area contributed by atoms with Gasteiger partial charge in [0, 0.05) is 22.9 Å². The fraction of sp³-hybridized carbons (Fsp3) is 0.500. The third-order valence-corrected chi connectivity index (χ3v) is 3.96. The number of nitrogens with zero attached hydrogens (tertiary/aromatic N) is 1. The first-order valence-corrected chi connectivity index (χ1v) is 5.60. The molecule has 1 aliphatic rings. The average Bonchev–Trinajstić information content (AvgIpc) is 2.40. The van der Waals surface area contributed by atoms with E-state index >= 15 is 0 Å². The van der Waals surface area contributed by atoms with Gasteiger partial charge in [-0.15, -0.1) is 0 Å². The van der Waals surface area contributed by atoms with E-state index in [1.54, 1.807) is 0 Å². The van der Waals surface area contributed by atoms with Crippen LogP contribution in [0.3, 0.4) is 0 Å². The maximum absolute atomic E-state index is 4.63. The van der Waals surface area contributed by atoms with Gasteiger partial charge in [-0.05, 0) is 51.3 Å². The van der Waals surface area contributed by atoms with E-state index in [9.17, 15) is 0 Å². The van der Waals surface area contributed by atoms with Crippen molar-refractivity contribution in [3.63, 3.8) is 0 Å². The minimum absolute atomic E-state index is 0.570. The molecule has 1 heteroatoms. The number of hydrogen-bond donors (Lipinski definition) is 0. The van der Waals surface area contributed by atoms with Crippen molar-refractivity contribution < 1.29 is 0 Å². The quantitative estimate of drug-likeness (QED) is 0.620. The van der Waals surface area contributed by atoms with E-state index in [4.69, 9.17) is 0 Å². The minimum atomic E-state index is 0.570. The van der Waals surface area contributed by atoms with E-state index in [2.05, 4.69) is 46.5 Å². The molecule has 15 heavy (non-hydrogen) atoms. The van der Waals surface area contributed by atoms with Crippen LogP contribution in [0.25, 0.3) is 5.57 Å². The highest BCUT2D eigenvalue weighted by atomic mass is 14.7. The zero-order valence-electron chi connectivity index (χ0n) is 10.5. The molecule has 0 saturated carbocycles. The van der Waals surface area contributed by atoms with Crippen LogP contribution in [0.1, 0.15) is 54.8 Å². The standard InChI is InChI=1S/C14H19N/c1-7-8(2)13-10(4)11(5)15-12(6)14(13)9(7)3/h8H,1-6H3. The summed E-state index contributed by atoms with van der Waals surface area (Å²) in [5, 5.41) is 0. The predicted molar refractivity (Wildman–Crippen MR) is 65.1 cm³/mol. The minimum Gasteiger partial charge on any atom is -0.258 e. The Morgan fingerprint density at radius 1 is 0.933 bits per heavy atom. The van der Waals surface area contributed by atoms with Gasteiger partial charge in [0.25, 0.3) is 0 Å². The highest BCUT2D eigenvalue weighted by Crippen LogP contribution is 2.44. The SMILES string of the molecule is CC1=C(C)C(C)c2c(C)c(C)nc(C)c21. The molecule has 0 amide bonds. The van der Waals surface area contributed by atoms with Gasteiger partial charge >= 0.3 is 0 Å². The van der Waals surface area contributed by atoms with Gasteiger partial charge in [0.05, 0.1) is 0 Å². The second-order valence-corrected chi connectivity index (χ2v) is 4.73. The van der Waals surface area contributed by atoms with Gasteiger partial charge in [-0.25, -0.2) is 0 Å². The van der Waals surface area contributed by atoms with Gasteiger partial charge in [0.2, 0.25) is 0 Å². The number of pyridine rings is 1. The van der Waals surface area contributed by atoms with Crippen LogP contribution in [-0.2, 0) is 0 Å². The predicted octanol–water partition coefficient (Wildman–Crippen LogP) is 3.92. The van der Waals surface area contributed by atoms with Crippen molar-refractivity contribution >= 4 is 5.57 Å². The molecule has 1 aromatic heterocycles. The maximum atomic E-state index is 4.63. The van der Waals surface area contributed by atoms with Crippen LogP contribution in [0.15, 0.2) is 5.57 Å². The smallest absolute Gasteiger partial charge is 0.0453 e. The molecule has 1 heterocycles. The van der Waals surface area contributed by atoms with E-state index < -0.39 is 0 Å². The first kappa shape index (κ1) is 10.4. The maximum Gasteiger partial charge on any atom is 0.0453 e. The molecule has 0 saturated heterocycles. The molecule has 0 fully saturated rings. The zero-order chi connectivity index (χ0) is 11.3. The topological polar surface area (TPSA) is 12.9 Å². The summed E-state index contributed by atoms with van der Waals surface area (Å²) in [5.74, 6) is 0.570. The Kier molecular flexibility index (Phi) is 2.22. The van der Waals surface area contributed by atoms with Gasteiger partial charge < -0.3 is 0 Å². The molecule has 0 N–H and O–H groups in total. The van der Waals surface area contributed by atoms with Gasteiger partial charge in [-0.3, -0.25) is 4.98 Å². The molecule has 0 aromatic carbocycles. The van der Waals surface area contributed by atoms with E-state index in [0.717, 1.165) is 0 Å². The Morgan fingerprint density at radius 3 is 2.13 bits per heavy atom. The molecule has 1 unspecified atom stereocenters. The highest BCUT2D eigenvalue weighted by Gasteiger charge is 2.27. The van der Waals surface area contributed by atoms with Crippen LogP contribution in [-0.4, -0.2) is 4.98 Å². The highest BCUT2D eigenvalue weighted by molar-refractivity contribution is 5.79. The Hall–Kier alpha value is -1.11. The van der Waals surface area contributed by atoms with Crippen molar-refractivity contribution in [3.8, 4) is 0 Å². The summed E-state index contributed by atoms with van der Waals surface area (Å²) in [7, 11) is 0. The summed E-state index contributed by atoms with van der Waals surface area (Å²) in [6.45, 7) is 13.2. The summed E-state index contributed by atoms with van der Waals surface area (Å²) in [5.41, 5.74) is 9.60. The lowest BCUT2D eigenvalue weighted by molar-refractivity contribution is 0.891. The summed E-state index contributed by atoms with van der Waals surface area (Å²) in [6.07, 6.45) is 0. The first-order valence-electron chi connectivity index (χ1n) is 5.60. The monoisotopic (exact) mass is 201 g/mol. The summed E-state index contributed by atoms with van der Waals surface area (Å²) >= 11 is 0. The van der Waals surface area contributed by atoms with Crippen molar-refractivity contribution in [2.45, 2.75) is 47.5 Å². The second kappa shape index (κ2) is 3.19. The van der Waals surface area contributed by atoms with Crippen LogP contribution >= 0.6 is 0 Å². The number of aryl methyl sites for hydroxylation is 2. The normalized spacial score (nSPS) is 19.7. The third-order valence-electron chi connectivity index (χ3n) is 3.96. The van der Waals surface area contributed by atoms with Crippen LogP contribution < -0.4 is 0 Å². The van der Waals surface area contributed by atoms with Gasteiger partial charge in [0.15, 0.2) is 0 Å². The van der Waals surface area contributed by atoms with E-state index in [0.29, 0.717) is 5.92 Å². The van der Waals surface area contributed by atoms with Gasteiger partial charge in [-0.1, -0.05) is 12.5 Å². The lowest BCUT2D eigenvalue weighted by Crippen LogP contribution is -2.02. The fourth-order valence-electron chi connectivity index (χ4n) is 2.72. The van der Waals surface area contributed by atoms with Crippen molar-refractivity contribution in [2.24, 2.45) is 0 Å². The second-order valence-electron chi connectivity index (χ2n) is 4.73. The molecule has 0 spiro atoms. The molecular weight excluding hydrogens is 182 g/mol. The summed E-state index contributed by atoms with van der Waals surface area (Å²) < 4.78 is 0. The molecule has 1 nitrogen and oxygen atoms in total. The van der Waals surface area contributed by atoms with Crippen LogP contribution in [0.5, 0.6) is 0 Å². The first-order chi connectivity index (χ1) is 6.95. The number of fused-ring (bicyclic) bond motifs is 1. The van der Waals surface area contributed by atoms with Crippen LogP contribution in [0, 0.1) is 20.8 Å². The van der Waals surface area contributed by atoms with Crippen molar-refractivity contribution in [1.82, 2.24) is 4.98 Å². The summed E-state index contributed by atoms with van der Waals surface area (Å²) in [4.78, 5) is 4.63. The van der Waals surface area contributed by atoms with Crippen molar-refractivity contribution in [1.29, 1.82) is 0 Å². The molecule has 1 atom stereocenters. The summed E-state index contributed by atoms with van der Waals surface area (Å²) in [6, 6.07) is 0. The lowest BCUT2D eigenvalue weighted by atomic mass is 9.93. The fourth-order valence-corrected chi connectivity index (χ4v) is 2.72. The van der Waals surface area contributed by atoms with Gasteiger partial charge in [-0.2, -0.15) is 0 Å². The Balaban J connectivity index is 2.81. The third kappa shape index (κ3) is 1.26. The molecule has 80 valence electrons. The largest absolute Gasteiger partial charge is 0.258 e. The lowest BCUT2D eigenvalue weighted by Gasteiger charge is -2.14. The Labute approximate surface area is 92.2 Å². The molecule has 0 radical (unpaired) electrons. The van der Waals surface area contributed by atoms with E-state index in [1.807, 2.05) is 0 Å². The number of hydrogen-bond acceptors (Lipinski definition) is 1. The Bertz CT molecular complexity index is 467. The number of rotatable bonds is 0. The molecule has 1 aliphatic carbocycles. The van der Waals surface area contributed by atoms with Crippen molar-refractivity contribution in [2.75, 3.05) is 0 Å². The number of aromatic nitrogens is 1. The average molecular weight is 201 g/mol. The van der Waals surface area contributed by atoms with Crippen LogP contribution in [0.4, 0.5) is 0 Å². The van der Waals surface area contributed by atoms with E-state index in [-0.39, 0.29) is 0 Å². The Morgan fingerprint density at radius 2 is 1.53 bits per heavy atom. The van der Waals surface area contributed by atoms with E-state index in [1.165, 1.54) is 39.2 Å². The molecule has 1 aromatic rings. The number of allylic oxidation sites excluding steroid dienone is 2. The molecule has 0 bridgehead atoms.